The molecule has 0 radical (unpaired) electrons. The summed E-state index contributed by atoms with van der Waals surface area (Å²) >= 11 is 0. The van der Waals surface area contributed by atoms with E-state index in [2.05, 4.69) is 222 Å². The standard InChI is InChI=1S/C55H51N4O.Pt/c1-53(2,3)40-28-29-56-52(33-40)59-49-25-16-15-24-47(49)48-27-26-46(35-50(48)59)60-45-23-17-22-43(34-45)58-37-57(36-51(58)38-18-11-9-12-19-38)44-31-41(54(4,5)6)30-42(32-44)55(7,8)39-20-13-10-14-21-39;/h9-33,36-37H,1-8H3;/q-3;. The molecule has 0 aliphatic carbocycles. The number of fused-ring (bicyclic) bond motifs is 3. The number of ether oxygens (including phenoxy) is 1. The van der Waals surface area contributed by atoms with Crippen molar-refractivity contribution in [3.8, 4) is 17.3 Å². The van der Waals surface area contributed by atoms with Crippen LogP contribution in [0, 0.1) is 18.8 Å². The molecular weight excluding hydrogens is 928 g/mol. The van der Waals surface area contributed by atoms with E-state index in [9.17, 15) is 0 Å². The fourth-order valence-electron chi connectivity index (χ4n) is 8.08. The van der Waals surface area contributed by atoms with Crippen LogP contribution in [0.2, 0.25) is 0 Å². The van der Waals surface area contributed by atoms with Crippen LogP contribution < -0.4 is 14.5 Å². The molecule has 0 unspecified atom stereocenters. The molecule has 3 heterocycles. The Hall–Kier alpha value is -5.90. The molecular formula is C55H51N4OPt-3. The van der Waals surface area contributed by atoms with Crippen LogP contribution in [0.15, 0.2) is 158 Å². The van der Waals surface area contributed by atoms with E-state index >= 15 is 0 Å². The molecule has 1 aliphatic heterocycles. The van der Waals surface area contributed by atoms with Crippen LogP contribution in [0.3, 0.4) is 0 Å². The van der Waals surface area contributed by atoms with Crippen LogP contribution >= 0.6 is 0 Å². The fourth-order valence-corrected chi connectivity index (χ4v) is 8.08. The summed E-state index contributed by atoms with van der Waals surface area (Å²) in [6.07, 6.45) is 4.12. The van der Waals surface area contributed by atoms with Gasteiger partial charge in [0, 0.05) is 61.1 Å². The second kappa shape index (κ2) is 16.2. The Morgan fingerprint density at radius 3 is 1.98 bits per heavy atom. The van der Waals surface area contributed by atoms with Gasteiger partial charge in [0.05, 0.1) is 0 Å². The molecule has 0 saturated carbocycles. The normalized spacial score (nSPS) is 13.4. The minimum absolute atomic E-state index is 0. The van der Waals surface area contributed by atoms with Crippen molar-refractivity contribution in [3.05, 3.63) is 205 Å². The summed E-state index contributed by atoms with van der Waals surface area (Å²) in [5, 5.41) is 2.24. The van der Waals surface area contributed by atoms with Crippen molar-refractivity contribution in [1.29, 1.82) is 0 Å². The van der Waals surface area contributed by atoms with E-state index in [1.807, 2.05) is 24.4 Å². The number of anilines is 2. The first-order valence-corrected chi connectivity index (χ1v) is 20.8. The molecule has 6 aromatic carbocycles. The molecule has 61 heavy (non-hydrogen) atoms. The Morgan fingerprint density at radius 1 is 0.574 bits per heavy atom. The number of nitrogens with zero attached hydrogens (tertiary/aromatic N) is 4. The van der Waals surface area contributed by atoms with Crippen LogP contribution in [0.25, 0.3) is 33.3 Å². The average molecular weight is 979 g/mol. The Labute approximate surface area is 375 Å². The molecule has 310 valence electrons. The predicted octanol–water partition coefficient (Wildman–Crippen LogP) is 13.9. The number of hydrogen-bond acceptors (Lipinski definition) is 4. The number of para-hydroxylation sites is 1. The van der Waals surface area contributed by atoms with Gasteiger partial charge in [0.1, 0.15) is 5.82 Å². The summed E-state index contributed by atoms with van der Waals surface area (Å²) in [6, 6.07) is 58.5. The van der Waals surface area contributed by atoms with Crippen molar-refractivity contribution in [2.75, 3.05) is 9.80 Å². The molecule has 0 fully saturated rings. The third-order valence-electron chi connectivity index (χ3n) is 11.8. The SMILES string of the molecule is CC(C)(C)c1cc(N2C=C(c3ccccc3)N(c3[c-]c(Oc4[c-]c5c(cc4)c4ccccc4n5-c4cc(C(C)(C)C)ccn4)ccc3)[CH-]2)cc(C(C)(C)c2ccccc2)c1.[Pt]. The van der Waals surface area contributed by atoms with Crippen LogP contribution in [0.1, 0.15) is 83.2 Å². The van der Waals surface area contributed by atoms with Gasteiger partial charge in [-0.15, -0.1) is 48.1 Å². The van der Waals surface area contributed by atoms with Gasteiger partial charge in [0.25, 0.3) is 0 Å². The van der Waals surface area contributed by atoms with E-state index in [-0.39, 0.29) is 37.3 Å². The molecule has 2 aromatic heterocycles. The van der Waals surface area contributed by atoms with Gasteiger partial charge in [-0.2, -0.15) is 12.1 Å². The maximum absolute atomic E-state index is 6.63. The number of rotatable bonds is 8. The van der Waals surface area contributed by atoms with Gasteiger partial charge in [0.15, 0.2) is 0 Å². The van der Waals surface area contributed by atoms with Crippen molar-refractivity contribution in [1.82, 2.24) is 9.55 Å². The van der Waals surface area contributed by atoms with Crippen LogP contribution in [-0.4, -0.2) is 9.55 Å². The molecule has 0 atom stereocenters. The molecule has 8 aromatic rings. The molecule has 0 spiro atoms. The van der Waals surface area contributed by atoms with Gasteiger partial charge >= 0.3 is 0 Å². The van der Waals surface area contributed by atoms with E-state index in [0.29, 0.717) is 11.5 Å². The van der Waals surface area contributed by atoms with E-state index in [1.165, 1.54) is 22.3 Å². The van der Waals surface area contributed by atoms with Crippen molar-refractivity contribution in [2.45, 2.75) is 71.6 Å². The van der Waals surface area contributed by atoms with Crippen LogP contribution in [0.4, 0.5) is 11.4 Å². The van der Waals surface area contributed by atoms with Crippen molar-refractivity contribution >= 4 is 38.9 Å². The van der Waals surface area contributed by atoms with Gasteiger partial charge in [-0.25, -0.2) is 4.98 Å². The van der Waals surface area contributed by atoms with Gasteiger partial charge in [0.2, 0.25) is 0 Å². The average Bonchev–Trinajstić information content (AvgIpc) is 3.84. The first kappa shape index (κ1) is 41.8. The first-order valence-electron chi connectivity index (χ1n) is 20.8. The third-order valence-corrected chi connectivity index (χ3v) is 11.8. The Kier molecular flexibility index (Phi) is 11.1. The van der Waals surface area contributed by atoms with Gasteiger partial charge in [-0.3, -0.25) is 0 Å². The zero-order valence-corrected chi connectivity index (χ0v) is 38.4. The van der Waals surface area contributed by atoms with Gasteiger partial charge in [-0.1, -0.05) is 146 Å². The zero-order chi connectivity index (χ0) is 41.8. The Bertz CT molecular complexity index is 2880. The fraction of sp³-hybridized carbons (Fsp3) is 0.200. The molecule has 0 bridgehead atoms. The summed E-state index contributed by atoms with van der Waals surface area (Å²) in [4.78, 5) is 9.29. The molecule has 5 nitrogen and oxygen atoms in total. The second-order valence-corrected chi connectivity index (χ2v) is 18.4. The Morgan fingerprint density at radius 2 is 1.25 bits per heavy atom. The van der Waals surface area contributed by atoms with Crippen molar-refractivity contribution < 1.29 is 25.8 Å². The number of pyridine rings is 1. The van der Waals surface area contributed by atoms with E-state index in [1.54, 1.807) is 0 Å². The van der Waals surface area contributed by atoms with Crippen molar-refractivity contribution in [3.63, 3.8) is 0 Å². The van der Waals surface area contributed by atoms with E-state index < -0.39 is 0 Å². The van der Waals surface area contributed by atoms with Crippen LogP contribution in [0.5, 0.6) is 11.5 Å². The molecule has 0 N–H and O–H groups in total. The minimum atomic E-state index is -0.205. The monoisotopic (exact) mass is 978 g/mol. The zero-order valence-electron chi connectivity index (χ0n) is 36.1. The smallest absolute Gasteiger partial charge is 0.135 e. The largest absolute Gasteiger partial charge is 0.509 e. The minimum Gasteiger partial charge on any atom is -0.509 e. The molecule has 0 amide bonds. The molecule has 0 saturated heterocycles. The number of hydrogen-bond donors (Lipinski definition) is 0. The summed E-state index contributed by atoms with van der Waals surface area (Å²) in [7, 11) is 0. The molecule has 6 heteroatoms. The Balaban J connectivity index is 0.00000514. The summed E-state index contributed by atoms with van der Waals surface area (Å²) in [5.74, 6) is 2.05. The summed E-state index contributed by atoms with van der Waals surface area (Å²) in [5.41, 5.74) is 10.9. The van der Waals surface area contributed by atoms with E-state index in [0.717, 1.165) is 50.3 Å². The second-order valence-electron chi connectivity index (χ2n) is 18.4. The first-order chi connectivity index (χ1) is 28.7. The summed E-state index contributed by atoms with van der Waals surface area (Å²) < 4.78 is 8.83. The maximum atomic E-state index is 6.63. The summed E-state index contributed by atoms with van der Waals surface area (Å²) in [6.45, 7) is 20.3. The molecule has 9 rings (SSSR count). The molecule has 1 aliphatic rings. The third kappa shape index (κ3) is 8.17. The topological polar surface area (TPSA) is 33.5 Å². The van der Waals surface area contributed by atoms with Gasteiger partial charge in [-0.05, 0) is 80.6 Å². The maximum Gasteiger partial charge on any atom is 0.135 e. The predicted molar refractivity (Wildman–Crippen MR) is 249 cm³/mol. The quantitative estimate of drug-likeness (QED) is 0.142. The van der Waals surface area contributed by atoms with E-state index in [4.69, 9.17) is 9.72 Å². The van der Waals surface area contributed by atoms with Gasteiger partial charge < -0.3 is 19.1 Å². The number of aromatic nitrogens is 2. The van der Waals surface area contributed by atoms with Crippen molar-refractivity contribution in [2.24, 2.45) is 0 Å². The number of benzene rings is 6. The van der Waals surface area contributed by atoms with Crippen LogP contribution in [-0.2, 0) is 37.3 Å².